The lowest BCUT2D eigenvalue weighted by atomic mass is 9.79. The predicted molar refractivity (Wildman–Crippen MR) is 84.5 cm³/mol. The quantitative estimate of drug-likeness (QED) is 0.798. The third-order valence-corrected chi connectivity index (χ3v) is 5.26. The van der Waals surface area contributed by atoms with Gasteiger partial charge in [0, 0.05) is 17.4 Å². The van der Waals surface area contributed by atoms with E-state index in [1.165, 1.54) is 12.1 Å². The van der Waals surface area contributed by atoms with E-state index in [4.69, 9.17) is 5.11 Å². The highest BCUT2D eigenvalue weighted by Crippen LogP contribution is 2.28. The molecular weight excluding hydrogens is 358 g/mol. The third-order valence-electron chi connectivity index (χ3n) is 3.29. The van der Waals surface area contributed by atoms with Crippen LogP contribution in [0.3, 0.4) is 0 Å². The van der Waals surface area contributed by atoms with E-state index in [0.29, 0.717) is 0 Å². The number of benzene rings is 1. The summed E-state index contributed by atoms with van der Waals surface area (Å²) in [5.41, 5.74) is -0.305. The van der Waals surface area contributed by atoms with E-state index in [1.807, 2.05) is 20.8 Å². The Morgan fingerprint density at radius 2 is 1.81 bits per heavy atom. The average molecular weight is 378 g/mol. The summed E-state index contributed by atoms with van der Waals surface area (Å²) in [6.45, 7) is 5.78. The zero-order valence-electron chi connectivity index (χ0n) is 12.3. The van der Waals surface area contributed by atoms with E-state index in [0.717, 1.165) is 4.47 Å². The van der Waals surface area contributed by atoms with Crippen molar-refractivity contribution in [3.63, 3.8) is 0 Å². The topological polar surface area (TPSA) is 83.5 Å². The Morgan fingerprint density at radius 3 is 2.24 bits per heavy atom. The van der Waals surface area contributed by atoms with Crippen LogP contribution in [0.5, 0.6) is 0 Å². The van der Waals surface area contributed by atoms with E-state index in [1.54, 1.807) is 12.1 Å². The first-order chi connectivity index (χ1) is 9.52. The van der Waals surface area contributed by atoms with Crippen LogP contribution in [0.2, 0.25) is 0 Å². The minimum Gasteiger partial charge on any atom is -0.481 e. The zero-order valence-corrected chi connectivity index (χ0v) is 14.7. The molecule has 7 heteroatoms. The van der Waals surface area contributed by atoms with E-state index in [-0.39, 0.29) is 29.2 Å². The second kappa shape index (κ2) is 6.89. The fourth-order valence-electron chi connectivity index (χ4n) is 1.80. The number of hydrogen-bond donors (Lipinski definition) is 2. The first-order valence-corrected chi connectivity index (χ1v) is 8.77. The molecule has 0 bridgehead atoms. The molecule has 0 spiro atoms. The highest BCUT2D eigenvalue weighted by molar-refractivity contribution is 9.10. The summed E-state index contributed by atoms with van der Waals surface area (Å²) in [4.78, 5) is 11.1. The highest BCUT2D eigenvalue weighted by atomic mass is 79.9. The van der Waals surface area contributed by atoms with Crippen molar-refractivity contribution < 1.29 is 18.3 Å². The highest BCUT2D eigenvalue weighted by Gasteiger charge is 2.28. The van der Waals surface area contributed by atoms with Gasteiger partial charge in [0.2, 0.25) is 10.0 Å². The molecule has 21 heavy (non-hydrogen) atoms. The van der Waals surface area contributed by atoms with Gasteiger partial charge in [-0.05, 0) is 35.6 Å². The summed E-state index contributed by atoms with van der Waals surface area (Å²) in [7, 11) is -3.63. The number of aliphatic carboxylic acids is 1. The number of carbonyl (C=O) groups is 1. The van der Waals surface area contributed by atoms with Crippen molar-refractivity contribution in [3.05, 3.63) is 28.7 Å². The van der Waals surface area contributed by atoms with Gasteiger partial charge in [-0.1, -0.05) is 36.7 Å². The van der Waals surface area contributed by atoms with Crippen molar-refractivity contribution in [3.8, 4) is 0 Å². The van der Waals surface area contributed by atoms with Gasteiger partial charge in [0.1, 0.15) is 0 Å². The smallest absolute Gasteiger partial charge is 0.303 e. The Kier molecular flexibility index (Phi) is 5.95. The Morgan fingerprint density at radius 1 is 1.29 bits per heavy atom. The van der Waals surface area contributed by atoms with E-state index in [2.05, 4.69) is 20.7 Å². The number of carboxylic acid groups (broad SMARTS) is 1. The third kappa shape index (κ3) is 5.76. The van der Waals surface area contributed by atoms with Crippen molar-refractivity contribution in [2.75, 3.05) is 6.54 Å². The number of rotatable bonds is 6. The minimum absolute atomic E-state index is 0.0770. The van der Waals surface area contributed by atoms with Crippen LogP contribution in [0.25, 0.3) is 0 Å². The van der Waals surface area contributed by atoms with Gasteiger partial charge in [0.05, 0.1) is 4.90 Å². The molecule has 5 nitrogen and oxygen atoms in total. The van der Waals surface area contributed by atoms with Crippen molar-refractivity contribution in [2.45, 2.75) is 32.1 Å². The number of halogens is 1. The van der Waals surface area contributed by atoms with Crippen molar-refractivity contribution >= 4 is 31.9 Å². The summed E-state index contributed by atoms with van der Waals surface area (Å²) in [6, 6.07) is 6.28. The van der Waals surface area contributed by atoms with Gasteiger partial charge in [0.25, 0.3) is 0 Å². The van der Waals surface area contributed by atoms with Gasteiger partial charge < -0.3 is 5.11 Å². The molecule has 0 amide bonds. The van der Waals surface area contributed by atoms with Crippen LogP contribution in [0.15, 0.2) is 33.6 Å². The van der Waals surface area contributed by atoms with Crippen molar-refractivity contribution in [2.24, 2.45) is 11.3 Å². The second-order valence-electron chi connectivity index (χ2n) is 5.97. The lowest BCUT2D eigenvalue weighted by Crippen LogP contribution is -2.36. The lowest BCUT2D eigenvalue weighted by Gasteiger charge is -2.29. The monoisotopic (exact) mass is 377 g/mol. The maximum Gasteiger partial charge on any atom is 0.303 e. The molecule has 0 fully saturated rings. The first-order valence-electron chi connectivity index (χ1n) is 6.49. The number of carboxylic acids is 1. The normalized spacial score (nSPS) is 13.9. The van der Waals surface area contributed by atoms with Crippen LogP contribution >= 0.6 is 15.9 Å². The molecule has 0 aromatic heterocycles. The van der Waals surface area contributed by atoms with Crippen LogP contribution in [0.4, 0.5) is 0 Å². The molecule has 0 aliphatic carbocycles. The van der Waals surface area contributed by atoms with Gasteiger partial charge in [-0.25, -0.2) is 13.1 Å². The number of nitrogens with one attached hydrogen (secondary N) is 1. The largest absolute Gasteiger partial charge is 0.481 e. The molecule has 1 aromatic carbocycles. The summed E-state index contributed by atoms with van der Waals surface area (Å²) in [5.74, 6) is -1.22. The molecule has 1 aromatic rings. The average Bonchev–Trinajstić information content (AvgIpc) is 2.33. The van der Waals surface area contributed by atoms with E-state index >= 15 is 0 Å². The molecule has 118 valence electrons. The standard InChI is InChI=1S/C14H20BrNO4S/c1-14(2,3)10(8-13(17)18)9-16-21(19,20)12-6-4-11(15)5-7-12/h4-7,10,16H,8-9H2,1-3H3,(H,17,18). The Bertz CT molecular complexity index is 590. The van der Waals surface area contributed by atoms with Crippen LogP contribution in [-0.4, -0.2) is 26.0 Å². The summed E-state index contributed by atoms with van der Waals surface area (Å²) in [5, 5.41) is 8.94. The molecule has 0 saturated carbocycles. The van der Waals surface area contributed by atoms with Crippen LogP contribution in [0.1, 0.15) is 27.2 Å². The molecular formula is C14H20BrNO4S. The van der Waals surface area contributed by atoms with E-state index in [9.17, 15) is 13.2 Å². The molecule has 0 aliphatic rings. The molecule has 0 saturated heterocycles. The number of sulfonamides is 1. The van der Waals surface area contributed by atoms with Gasteiger partial charge in [-0.3, -0.25) is 4.79 Å². The molecule has 0 radical (unpaired) electrons. The predicted octanol–water partition coefficient (Wildman–Crippen LogP) is 2.86. The van der Waals surface area contributed by atoms with Gasteiger partial charge >= 0.3 is 5.97 Å². The SMILES string of the molecule is CC(C)(C)C(CNS(=O)(=O)c1ccc(Br)cc1)CC(=O)O. The molecule has 1 unspecified atom stereocenters. The van der Waals surface area contributed by atoms with Crippen molar-refractivity contribution in [1.29, 1.82) is 0 Å². The fraction of sp³-hybridized carbons (Fsp3) is 0.500. The molecule has 0 aliphatic heterocycles. The summed E-state index contributed by atoms with van der Waals surface area (Å²) in [6.07, 6.45) is -0.0770. The van der Waals surface area contributed by atoms with E-state index < -0.39 is 16.0 Å². The summed E-state index contributed by atoms with van der Waals surface area (Å²) < 4.78 is 27.7. The Hall–Kier alpha value is -0.920. The van der Waals surface area contributed by atoms with Gasteiger partial charge in [-0.15, -0.1) is 0 Å². The molecule has 0 heterocycles. The lowest BCUT2D eigenvalue weighted by molar-refractivity contribution is -0.139. The molecule has 1 atom stereocenters. The first kappa shape index (κ1) is 18.1. The Balaban J connectivity index is 2.83. The molecule has 2 N–H and O–H groups in total. The maximum atomic E-state index is 12.2. The van der Waals surface area contributed by atoms with Crippen LogP contribution in [-0.2, 0) is 14.8 Å². The van der Waals surface area contributed by atoms with Crippen molar-refractivity contribution in [1.82, 2.24) is 4.72 Å². The van der Waals surface area contributed by atoms with Gasteiger partial charge in [0.15, 0.2) is 0 Å². The van der Waals surface area contributed by atoms with Gasteiger partial charge in [-0.2, -0.15) is 0 Å². The summed E-state index contributed by atoms with van der Waals surface area (Å²) >= 11 is 3.25. The molecule has 1 rings (SSSR count). The zero-order chi connectivity index (χ0) is 16.3. The van der Waals surface area contributed by atoms with Crippen LogP contribution < -0.4 is 4.72 Å². The Labute approximate surface area is 133 Å². The number of hydrogen-bond acceptors (Lipinski definition) is 3. The van der Waals surface area contributed by atoms with Crippen LogP contribution in [0, 0.1) is 11.3 Å². The maximum absolute atomic E-state index is 12.2. The minimum atomic E-state index is -3.63. The fourth-order valence-corrected chi connectivity index (χ4v) is 3.15. The second-order valence-corrected chi connectivity index (χ2v) is 8.65.